The molecule has 0 bridgehead atoms. The van der Waals surface area contributed by atoms with Gasteiger partial charge in [-0.25, -0.2) is 13.9 Å². The minimum Gasteiger partial charge on any atom is -0.309 e. The van der Waals surface area contributed by atoms with Gasteiger partial charge in [-0.2, -0.15) is 9.88 Å². The van der Waals surface area contributed by atoms with Crippen LogP contribution in [0.4, 0.5) is 15.1 Å². The van der Waals surface area contributed by atoms with E-state index in [1.165, 1.54) is 15.9 Å². The molecule has 2 aromatic rings. The van der Waals surface area contributed by atoms with Crippen molar-refractivity contribution < 1.29 is 14.0 Å². The van der Waals surface area contributed by atoms with Gasteiger partial charge in [-0.15, -0.1) is 5.10 Å². The highest BCUT2D eigenvalue weighted by molar-refractivity contribution is 6.30. The Morgan fingerprint density at radius 3 is 2.71 bits per heavy atom. The molecule has 2 atom stereocenters. The summed E-state index contributed by atoms with van der Waals surface area (Å²) in [5, 5.41) is 4.83. The Balaban J connectivity index is 1.54. The first kappa shape index (κ1) is 15.1. The predicted molar refractivity (Wildman–Crippen MR) is 83.5 cm³/mol. The number of urea groups is 1. The number of fused-ring (bicyclic) bond motifs is 1. The summed E-state index contributed by atoms with van der Waals surface area (Å²) >= 11 is 5.85. The molecular formula is C15H13ClFN5O2. The highest BCUT2D eigenvalue weighted by Gasteiger charge is 2.52. The van der Waals surface area contributed by atoms with Crippen molar-refractivity contribution in [1.29, 1.82) is 0 Å². The van der Waals surface area contributed by atoms with Crippen LogP contribution in [0, 0.1) is 0 Å². The third-order valence-corrected chi connectivity index (χ3v) is 4.43. The maximum absolute atomic E-state index is 13.4. The average Bonchev–Trinajstić information content (AvgIpc) is 3.21. The van der Waals surface area contributed by atoms with Gasteiger partial charge in [0.1, 0.15) is 18.5 Å². The normalized spacial score (nSPS) is 23.2. The maximum Gasteiger partial charge on any atom is 0.334 e. The van der Waals surface area contributed by atoms with Crippen LogP contribution < -0.4 is 4.90 Å². The van der Waals surface area contributed by atoms with Crippen LogP contribution in [0.15, 0.2) is 30.6 Å². The van der Waals surface area contributed by atoms with E-state index in [0.29, 0.717) is 11.6 Å². The van der Waals surface area contributed by atoms with Crippen LogP contribution in [-0.4, -0.2) is 50.4 Å². The number of anilines is 1. The van der Waals surface area contributed by atoms with Gasteiger partial charge in [0.05, 0.1) is 13.1 Å². The molecule has 124 valence electrons. The van der Waals surface area contributed by atoms with E-state index in [0.717, 1.165) is 10.5 Å². The van der Waals surface area contributed by atoms with Crippen LogP contribution in [0.25, 0.3) is 0 Å². The van der Waals surface area contributed by atoms with Gasteiger partial charge in [0, 0.05) is 11.4 Å². The Morgan fingerprint density at radius 1 is 1.25 bits per heavy atom. The van der Waals surface area contributed by atoms with E-state index in [9.17, 15) is 14.0 Å². The van der Waals surface area contributed by atoms with E-state index in [-0.39, 0.29) is 18.9 Å². The number of aromatic nitrogens is 3. The first-order valence-electron chi connectivity index (χ1n) is 7.45. The first-order chi connectivity index (χ1) is 11.5. The van der Waals surface area contributed by atoms with Crippen molar-refractivity contribution in [2.75, 3.05) is 11.4 Å². The SMILES string of the molecule is O=C1[C@@H]2C[C@H](F)CN2C(=O)N1c1ncn(Cc2ccc(Cl)cc2)n1. The molecule has 3 amide bonds. The van der Waals surface area contributed by atoms with E-state index >= 15 is 0 Å². The van der Waals surface area contributed by atoms with Gasteiger partial charge in [-0.3, -0.25) is 4.79 Å². The molecule has 2 aliphatic rings. The molecule has 24 heavy (non-hydrogen) atoms. The lowest BCUT2D eigenvalue weighted by Crippen LogP contribution is -2.35. The number of nitrogens with zero attached hydrogens (tertiary/aromatic N) is 5. The summed E-state index contributed by atoms with van der Waals surface area (Å²) in [4.78, 5) is 30.9. The Labute approximate surface area is 141 Å². The average molecular weight is 350 g/mol. The molecule has 0 N–H and O–H groups in total. The second-order valence-electron chi connectivity index (χ2n) is 5.83. The summed E-state index contributed by atoms with van der Waals surface area (Å²) in [5.74, 6) is -0.451. The first-order valence-corrected chi connectivity index (χ1v) is 7.83. The van der Waals surface area contributed by atoms with Crippen LogP contribution in [-0.2, 0) is 11.3 Å². The number of halogens is 2. The van der Waals surface area contributed by atoms with Crippen LogP contribution in [0.3, 0.4) is 0 Å². The molecule has 0 radical (unpaired) electrons. The Kier molecular flexibility index (Phi) is 3.49. The highest BCUT2D eigenvalue weighted by atomic mass is 35.5. The van der Waals surface area contributed by atoms with E-state index in [2.05, 4.69) is 10.1 Å². The van der Waals surface area contributed by atoms with E-state index in [4.69, 9.17) is 11.6 Å². The minimum atomic E-state index is -1.15. The zero-order chi connectivity index (χ0) is 16.8. The fourth-order valence-corrected chi connectivity index (χ4v) is 3.15. The number of carbonyl (C=O) groups is 2. The van der Waals surface area contributed by atoms with Gasteiger partial charge >= 0.3 is 6.03 Å². The van der Waals surface area contributed by atoms with Crippen LogP contribution >= 0.6 is 11.6 Å². The Bertz CT molecular complexity index is 784. The van der Waals surface area contributed by atoms with Crippen molar-refractivity contribution in [1.82, 2.24) is 19.7 Å². The second kappa shape index (κ2) is 5.55. The van der Waals surface area contributed by atoms with Crippen molar-refractivity contribution >= 4 is 29.5 Å². The summed E-state index contributed by atoms with van der Waals surface area (Å²) in [6.45, 7) is 0.372. The summed E-state index contributed by atoms with van der Waals surface area (Å²) in [5.41, 5.74) is 0.954. The maximum atomic E-state index is 13.4. The monoisotopic (exact) mass is 349 g/mol. The molecule has 9 heteroatoms. The van der Waals surface area contributed by atoms with Crippen molar-refractivity contribution in [3.05, 3.63) is 41.2 Å². The lowest BCUT2D eigenvalue weighted by atomic mass is 10.2. The van der Waals surface area contributed by atoms with Crippen LogP contribution in [0.1, 0.15) is 12.0 Å². The zero-order valence-corrected chi connectivity index (χ0v) is 13.2. The topological polar surface area (TPSA) is 71.3 Å². The number of carbonyl (C=O) groups excluding carboxylic acids is 2. The number of alkyl halides is 1. The molecule has 4 rings (SSSR count). The van der Waals surface area contributed by atoms with Gasteiger partial charge in [0.15, 0.2) is 0 Å². The van der Waals surface area contributed by atoms with Gasteiger partial charge in [0.25, 0.3) is 11.9 Å². The van der Waals surface area contributed by atoms with Crippen LogP contribution in [0.5, 0.6) is 0 Å². The van der Waals surface area contributed by atoms with Crippen LogP contribution in [0.2, 0.25) is 5.02 Å². The van der Waals surface area contributed by atoms with Crippen molar-refractivity contribution in [3.8, 4) is 0 Å². The van der Waals surface area contributed by atoms with Crippen molar-refractivity contribution in [3.63, 3.8) is 0 Å². The smallest absolute Gasteiger partial charge is 0.309 e. The van der Waals surface area contributed by atoms with Gasteiger partial charge in [-0.1, -0.05) is 23.7 Å². The summed E-state index contributed by atoms with van der Waals surface area (Å²) < 4.78 is 14.9. The Morgan fingerprint density at radius 2 is 2.00 bits per heavy atom. The molecule has 1 aromatic carbocycles. The quantitative estimate of drug-likeness (QED) is 0.793. The second-order valence-corrected chi connectivity index (χ2v) is 6.26. The molecule has 0 aliphatic carbocycles. The number of imide groups is 1. The largest absolute Gasteiger partial charge is 0.334 e. The molecule has 0 spiro atoms. The minimum absolute atomic E-state index is 0.0174. The van der Waals surface area contributed by atoms with Gasteiger partial charge in [-0.05, 0) is 17.7 Å². The third kappa shape index (κ3) is 2.43. The molecule has 7 nitrogen and oxygen atoms in total. The summed E-state index contributed by atoms with van der Waals surface area (Å²) in [6.07, 6.45) is 0.332. The number of amides is 3. The van der Waals surface area contributed by atoms with E-state index in [1.54, 1.807) is 12.1 Å². The van der Waals surface area contributed by atoms with Gasteiger partial charge in [0.2, 0.25) is 0 Å². The van der Waals surface area contributed by atoms with Gasteiger partial charge < -0.3 is 4.90 Å². The standard InChI is InChI=1S/C15H13ClFN5O2/c16-10-3-1-9(2-4-10)6-20-8-18-14(19-20)22-13(23)12-5-11(17)7-21(12)15(22)24/h1-4,8,11-12H,5-7H2/t11-,12-/m0/s1. The van der Waals surface area contributed by atoms with E-state index < -0.39 is 24.2 Å². The van der Waals surface area contributed by atoms with Crippen molar-refractivity contribution in [2.45, 2.75) is 25.2 Å². The number of benzene rings is 1. The number of hydrogen-bond donors (Lipinski definition) is 0. The fraction of sp³-hybridized carbons (Fsp3) is 0.333. The molecule has 3 heterocycles. The lowest BCUT2D eigenvalue weighted by Gasteiger charge is -2.12. The summed E-state index contributed by atoms with van der Waals surface area (Å²) in [6, 6.07) is 5.94. The molecule has 0 unspecified atom stereocenters. The third-order valence-electron chi connectivity index (χ3n) is 4.17. The zero-order valence-electron chi connectivity index (χ0n) is 12.5. The van der Waals surface area contributed by atoms with Crippen molar-refractivity contribution in [2.24, 2.45) is 0 Å². The molecule has 2 aliphatic heterocycles. The van der Waals surface area contributed by atoms with E-state index in [1.807, 2.05) is 12.1 Å². The molecule has 0 saturated carbocycles. The lowest BCUT2D eigenvalue weighted by molar-refractivity contribution is -0.119. The Hall–Kier alpha value is -2.48. The molecule has 2 saturated heterocycles. The number of hydrogen-bond acceptors (Lipinski definition) is 4. The fourth-order valence-electron chi connectivity index (χ4n) is 3.03. The number of rotatable bonds is 3. The summed E-state index contributed by atoms with van der Waals surface area (Å²) in [7, 11) is 0. The molecular weight excluding hydrogens is 337 g/mol. The molecule has 1 aromatic heterocycles. The molecule has 2 fully saturated rings. The predicted octanol–water partition coefficient (Wildman–Crippen LogP) is 1.86. The highest BCUT2D eigenvalue weighted by Crippen LogP contribution is 2.31.